The number of carbonyl (C=O) groups is 1. The van der Waals surface area contributed by atoms with Crippen LogP contribution in [0.5, 0.6) is 0 Å². The molecular formula is C21H22ClFO2. The third kappa shape index (κ3) is 6.02. The molecule has 25 heavy (non-hydrogen) atoms. The summed E-state index contributed by atoms with van der Waals surface area (Å²) in [5.41, 5.74) is 3.87. The van der Waals surface area contributed by atoms with E-state index in [2.05, 4.69) is 0 Å². The Labute approximate surface area is 153 Å². The lowest BCUT2D eigenvalue weighted by Crippen LogP contribution is -2.01. The van der Waals surface area contributed by atoms with Crippen LogP contribution in [0.1, 0.15) is 31.7 Å². The number of alkyl halides is 1. The molecule has 2 nitrogen and oxygen atoms in total. The van der Waals surface area contributed by atoms with Crippen LogP contribution in [0.4, 0.5) is 4.39 Å². The van der Waals surface area contributed by atoms with Gasteiger partial charge in [0, 0.05) is 12.0 Å². The average molecular weight is 361 g/mol. The summed E-state index contributed by atoms with van der Waals surface area (Å²) in [5, 5.41) is 0. The molecule has 0 fully saturated rings. The van der Waals surface area contributed by atoms with Gasteiger partial charge in [-0.1, -0.05) is 36.4 Å². The third-order valence-electron chi connectivity index (χ3n) is 3.84. The Kier molecular flexibility index (Phi) is 7.68. The Morgan fingerprint density at radius 2 is 1.64 bits per heavy atom. The van der Waals surface area contributed by atoms with E-state index in [1.165, 1.54) is 12.1 Å². The highest BCUT2D eigenvalue weighted by molar-refractivity contribution is 6.17. The Balaban J connectivity index is 2.21. The van der Waals surface area contributed by atoms with Gasteiger partial charge in [-0.2, -0.15) is 0 Å². The van der Waals surface area contributed by atoms with Crippen LogP contribution in [0, 0.1) is 5.82 Å². The molecule has 0 saturated heterocycles. The minimum Gasteiger partial charge on any atom is -0.463 e. The van der Waals surface area contributed by atoms with Gasteiger partial charge in [0.1, 0.15) is 5.82 Å². The van der Waals surface area contributed by atoms with E-state index in [9.17, 15) is 9.18 Å². The fourth-order valence-corrected chi connectivity index (χ4v) is 2.74. The predicted octanol–water partition coefficient (Wildman–Crippen LogP) is 5.85. The summed E-state index contributed by atoms with van der Waals surface area (Å²) in [6.07, 6.45) is 4.13. The quantitative estimate of drug-likeness (QED) is 0.255. The highest BCUT2D eigenvalue weighted by Crippen LogP contribution is 2.25. The molecule has 0 bridgehead atoms. The average Bonchev–Trinajstić information content (AvgIpc) is 2.62. The highest BCUT2D eigenvalue weighted by atomic mass is 35.5. The van der Waals surface area contributed by atoms with Crippen molar-refractivity contribution in [3.8, 4) is 11.1 Å². The molecule has 0 radical (unpaired) electrons. The molecule has 0 spiro atoms. The van der Waals surface area contributed by atoms with Crippen molar-refractivity contribution < 1.29 is 13.9 Å². The molecule has 0 heterocycles. The lowest BCUT2D eigenvalue weighted by Gasteiger charge is -2.09. The van der Waals surface area contributed by atoms with Gasteiger partial charge < -0.3 is 4.74 Å². The van der Waals surface area contributed by atoms with Gasteiger partial charge in [-0.25, -0.2) is 9.18 Å². The van der Waals surface area contributed by atoms with Crippen molar-refractivity contribution in [1.29, 1.82) is 0 Å². The van der Waals surface area contributed by atoms with E-state index in [1.54, 1.807) is 25.1 Å². The van der Waals surface area contributed by atoms with Gasteiger partial charge >= 0.3 is 5.97 Å². The molecule has 2 aromatic carbocycles. The summed E-state index contributed by atoms with van der Waals surface area (Å²) < 4.78 is 18.1. The molecule has 0 aliphatic carbocycles. The number of carbonyl (C=O) groups excluding carboxylic acids is 1. The predicted molar refractivity (Wildman–Crippen MR) is 101 cm³/mol. The van der Waals surface area contributed by atoms with Crippen molar-refractivity contribution in [1.82, 2.24) is 0 Å². The van der Waals surface area contributed by atoms with Crippen molar-refractivity contribution in [2.24, 2.45) is 0 Å². The zero-order valence-corrected chi connectivity index (χ0v) is 15.1. The van der Waals surface area contributed by atoms with Crippen molar-refractivity contribution in [2.45, 2.75) is 26.2 Å². The van der Waals surface area contributed by atoms with E-state index in [1.807, 2.05) is 24.3 Å². The molecule has 0 atom stereocenters. The zero-order valence-electron chi connectivity index (χ0n) is 14.3. The summed E-state index contributed by atoms with van der Waals surface area (Å²) in [4.78, 5) is 11.8. The van der Waals surface area contributed by atoms with Gasteiger partial charge in [0.25, 0.3) is 0 Å². The standard InChI is InChI=1S/C21H22ClFO2/c1-2-25-21(24)15-19(5-3-4-14-22)18-8-6-16(7-9-18)17-10-12-20(23)13-11-17/h6-13,15H,2-5,14H2,1H3. The summed E-state index contributed by atoms with van der Waals surface area (Å²) >= 11 is 5.75. The smallest absolute Gasteiger partial charge is 0.331 e. The first-order chi connectivity index (χ1) is 12.1. The van der Waals surface area contributed by atoms with Crippen LogP contribution in [-0.2, 0) is 9.53 Å². The maximum Gasteiger partial charge on any atom is 0.331 e. The van der Waals surface area contributed by atoms with Crippen molar-refractivity contribution in [3.05, 3.63) is 66.0 Å². The van der Waals surface area contributed by atoms with E-state index in [0.29, 0.717) is 12.5 Å². The molecule has 132 valence electrons. The number of esters is 1. The number of hydrogen-bond acceptors (Lipinski definition) is 2. The Morgan fingerprint density at radius 3 is 2.20 bits per heavy atom. The summed E-state index contributed by atoms with van der Waals surface area (Å²) in [5.74, 6) is 0.0289. The van der Waals surface area contributed by atoms with Crippen molar-refractivity contribution in [2.75, 3.05) is 12.5 Å². The molecule has 0 N–H and O–H groups in total. The second-order valence-corrected chi connectivity index (χ2v) is 6.03. The second-order valence-electron chi connectivity index (χ2n) is 5.65. The molecule has 0 unspecified atom stereocenters. The molecule has 0 aliphatic heterocycles. The minimum absolute atomic E-state index is 0.251. The summed E-state index contributed by atoms with van der Waals surface area (Å²) in [7, 11) is 0. The van der Waals surface area contributed by atoms with E-state index in [-0.39, 0.29) is 11.8 Å². The molecule has 0 aliphatic rings. The molecule has 4 heteroatoms. The maximum atomic E-state index is 13.0. The topological polar surface area (TPSA) is 26.3 Å². The lowest BCUT2D eigenvalue weighted by molar-refractivity contribution is -0.137. The molecule has 2 rings (SSSR count). The SMILES string of the molecule is CCOC(=O)C=C(CCCCCl)c1ccc(-c2ccc(F)cc2)cc1. The van der Waals surface area contributed by atoms with E-state index in [4.69, 9.17) is 16.3 Å². The number of ether oxygens (including phenoxy) is 1. The van der Waals surface area contributed by atoms with Crippen LogP contribution < -0.4 is 0 Å². The van der Waals surface area contributed by atoms with Crippen LogP contribution in [-0.4, -0.2) is 18.5 Å². The Morgan fingerprint density at radius 1 is 1.04 bits per heavy atom. The molecule has 0 amide bonds. The van der Waals surface area contributed by atoms with Gasteiger partial charge in [-0.15, -0.1) is 11.6 Å². The number of halogens is 2. The van der Waals surface area contributed by atoms with Crippen LogP contribution in [0.2, 0.25) is 0 Å². The molecule has 0 saturated carbocycles. The number of unbranched alkanes of at least 4 members (excludes halogenated alkanes) is 1. The van der Waals surface area contributed by atoms with Crippen LogP contribution >= 0.6 is 11.6 Å². The number of benzene rings is 2. The fraction of sp³-hybridized carbons (Fsp3) is 0.286. The Hall–Kier alpha value is -2.13. The Bertz CT molecular complexity index is 706. The maximum absolute atomic E-state index is 13.0. The zero-order chi connectivity index (χ0) is 18.1. The molecule has 0 aromatic heterocycles. The van der Waals surface area contributed by atoms with Crippen LogP contribution in [0.3, 0.4) is 0 Å². The number of allylic oxidation sites excluding steroid dienone is 1. The minimum atomic E-state index is -0.328. The molecular weight excluding hydrogens is 339 g/mol. The summed E-state index contributed by atoms with van der Waals surface area (Å²) in [6.45, 7) is 2.14. The largest absolute Gasteiger partial charge is 0.463 e. The third-order valence-corrected chi connectivity index (χ3v) is 4.11. The van der Waals surface area contributed by atoms with E-state index in [0.717, 1.165) is 41.5 Å². The highest BCUT2D eigenvalue weighted by Gasteiger charge is 2.07. The van der Waals surface area contributed by atoms with Gasteiger partial charge in [0.2, 0.25) is 0 Å². The van der Waals surface area contributed by atoms with Gasteiger partial charge in [-0.3, -0.25) is 0 Å². The van der Waals surface area contributed by atoms with Crippen LogP contribution in [0.25, 0.3) is 16.7 Å². The van der Waals surface area contributed by atoms with E-state index < -0.39 is 0 Å². The van der Waals surface area contributed by atoms with Gasteiger partial charge in [0.05, 0.1) is 6.61 Å². The molecule has 2 aromatic rings. The monoisotopic (exact) mass is 360 g/mol. The number of rotatable bonds is 8. The van der Waals surface area contributed by atoms with E-state index >= 15 is 0 Å². The van der Waals surface area contributed by atoms with Gasteiger partial charge in [0.15, 0.2) is 0 Å². The van der Waals surface area contributed by atoms with Crippen molar-refractivity contribution in [3.63, 3.8) is 0 Å². The lowest BCUT2D eigenvalue weighted by atomic mass is 9.97. The summed E-state index contributed by atoms with van der Waals surface area (Å²) in [6, 6.07) is 14.3. The number of hydrogen-bond donors (Lipinski definition) is 0. The normalized spacial score (nSPS) is 11.4. The first kappa shape index (κ1) is 19.2. The first-order valence-electron chi connectivity index (χ1n) is 8.43. The van der Waals surface area contributed by atoms with Crippen LogP contribution in [0.15, 0.2) is 54.6 Å². The van der Waals surface area contributed by atoms with Crippen molar-refractivity contribution >= 4 is 23.1 Å². The first-order valence-corrected chi connectivity index (χ1v) is 8.97. The second kappa shape index (κ2) is 10.00. The van der Waals surface area contributed by atoms with Gasteiger partial charge in [-0.05, 0) is 60.6 Å². The fourth-order valence-electron chi connectivity index (χ4n) is 2.56.